The topological polar surface area (TPSA) is 141 Å². The number of ether oxygens (including phenoxy) is 1. The van der Waals surface area contributed by atoms with Gasteiger partial charge in [0.05, 0.1) is 18.2 Å². The SMILES string of the molecule is CC(C)Oc1ccc(NC(=O)C(=O)Nc2ccn(Cc3ccncc3)n2)cc1C(N)=O. The average Bonchev–Trinajstić information content (AvgIpc) is 3.16. The lowest BCUT2D eigenvalue weighted by Crippen LogP contribution is -2.29. The third-order valence-electron chi connectivity index (χ3n) is 4.05. The number of carbonyl (C=O) groups excluding carboxylic acids is 3. The Morgan fingerprint density at radius 3 is 2.45 bits per heavy atom. The van der Waals surface area contributed by atoms with Gasteiger partial charge in [0, 0.05) is 30.3 Å². The summed E-state index contributed by atoms with van der Waals surface area (Å²) in [6, 6.07) is 9.66. The second kappa shape index (κ2) is 9.53. The summed E-state index contributed by atoms with van der Waals surface area (Å²) in [5.41, 5.74) is 6.70. The Morgan fingerprint density at radius 1 is 1.06 bits per heavy atom. The minimum atomic E-state index is -0.920. The Labute approximate surface area is 178 Å². The zero-order valence-electron chi connectivity index (χ0n) is 17.0. The lowest BCUT2D eigenvalue weighted by molar-refractivity contribution is -0.133. The predicted molar refractivity (Wildman–Crippen MR) is 114 cm³/mol. The van der Waals surface area contributed by atoms with Gasteiger partial charge in [-0.2, -0.15) is 5.10 Å². The molecule has 3 aromatic rings. The van der Waals surface area contributed by atoms with Crippen LogP contribution in [0.4, 0.5) is 11.5 Å². The summed E-state index contributed by atoms with van der Waals surface area (Å²) in [7, 11) is 0. The van der Waals surface area contributed by atoms with Gasteiger partial charge < -0.3 is 21.1 Å². The highest BCUT2D eigenvalue weighted by atomic mass is 16.5. The van der Waals surface area contributed by atoms with Crippen molar-refractivity contribution in [1.29, 1.82) is 0 Å². The molecule has 0 radical (unpaired) electrons. The van der Waals surface area contributed by atoms with Gasteiger partial charge in [0.1, 0.15) is 5.75 Å². The van der Waals surface area contributed by atoms with Crippen LogP contribution in [0, 0.1) is 0 Å². The number of hydrogen-bond donors (Lipinski definition) is 3. The number of anilines is 2. The maximum absolute atomic E-state index is 12.2. The number of carbonyl (C=O) groups is 3. The molecule has 0 aliphatic heterocycles. The molecular formula is C21H22N6O4. The zero-order chi connectivity index (χ0) is 22.4. The van der Waals surface area contributed by atoms with E-state index in [9.17, 15) is 14.4 Å². The van der Waals surface area contributed by atoms with Gasteiger partial charge in [-0.15, -0.1) is 0 Å². The Hall–Kier alpha value is -4.21. The zero-order valence-corrected chi connectivity index (χ0v) is 17.0. The molecular weight excluding hydrogens is 400 g/mol. The van der Waals surface area contributed by atoms with Crippen molar-refractivity contribution in [2.24, 2.45) is 5.73 Å². The summed E-state index contributed by atoms with van der Waals surface area (Å²) in [6.07, 6.45) is 4.87. The minimum absolute atomic E-state index is 0.0989. The van der Waals surface area contributed by atoms with Gasteiger partial charge in [0.25, 0.3) is 5.91 Å². The van der Waals surface area contributed by atoms with E-state index in [2.05, 4.69) is 20.7 Å². The van der Waals surface area contributed by atoms with E-state index in [1.807, 2.05) is 26.0 Å². The fraction of sp³-hybridized carbons (Fsp3) is 0.190. The summed E-state index contributed by atoms with van der Waals surface area (Å²) in [5, 5.41) is 9.08. The summed E-state index contributed by atoms with van der Waals surface area (Å²) in [6.45, 7) is 4.11. The van der Waals surface area contributed by atoms with Gasteiger partial charge in [-0.1, -0.05) is 0 Å². The van der Waals surface area contributed by atoms with Gasteiger partial charge in [0.15, 0.2) is 5.82 Å². The molecule has 0 spiro atoms. The minimum Gasteiger partial charge on any atom is -0.490 e. The fourth-order valence-corrected chi connectivity index (χ4v) is 2.71. The number of amides is 3. The number of aromatic nitrogens is 3. The largest absolute Gasteiger partial charge is 0.490 e. The van der Waals surface area contributed by atoms with Crippen LogP contribution in [0.5, 0.6) is 5.75 Å². The van der Waals surface area contributed by atoms with Crippen molar-refractivity contribution < 1.29 is 19.1 Å². The predicted octanol–water partition coefficient (Wildman–Crippen LogP) is 1.79. The highest BCUT2D eigenvalue weighted by molar-refractivity contribution is 6.43. The van der Waals surface area contributed by atoms with E-state index in [1.165, 1.54) is 18.2 Å². The molecule has 0 aliphatic carbocycles. The quantitative estimate of drug-likeness (QED) is 0.496. The van der Waals surface area contributed by atoms with Crippen LogP contribution in [-0.4, -0.2) is 38.6 Å². The fourth-order valence-electron chi connectivity index (χ4n) is 2.71. The molecule has 2 heterocycles. The first-order chi connectivity index (χ1) is 14.8. The lowest BCUT2D eigenvalue weighted by Gasteiger charge is -2.14. The summed E-state index contributed by atoms with van der Waals surface area (Å²) >= 11 is 0. The molecule has 0 unspecified atom stereocenters. The Bertz CT molecular complexity index is 1090. The monoisotopic (exact) mass is 422 g/mol. The first kappa shape index (κ1) is 21.5. The molecule has 0 fully saturated rings. The van der Waals surface area contributed by atoms with Crippen molar-refractivity contribution in [3.63, 3.8) is 0 Å². The van der Waals surface area contributed by atoms with E-state index in [-0.39, 0.29) is 23.2 Å². The van der Waals surface area contributed by atoms with Crippen LogP contribution in [0.15, 0.2) is 55.0 Å². The molecule has 1 aromatic carbocycles. The Balaban J connectivity index is 1.62. The Morgan fingerprint density at radius 2 is 1.77 bits per heavy atom. The summed E-state index contributed by atoms with van der Waals surface area (Å²) in [5.74, 6) is -2.01. The van der Waals surface area contributed by atoms with E-state index >= 15 is 0 Å². The number of hydrogen-bond acceptors (Lipinski definition) is 6. The molecule has 4 N–H and O–H groups in total. The van der Waals surface area contributed by atoms with Gasteiger partial charge in [0.2, 0.25) is 0 Å². The van der Waals surface area contributed by atoms with Crippen LogP contribution < -0.4 is 21.1 Å². The highest BCUT2D eigenvalue weighted by Gasteiger charge is 2.18. The van der Waals surface area contributed by atoms with E-state index in [1.54, 1.807) is 29.3 Å². The Kier molecular flexibility index (Phi) is 6.61. The van der Waals surface area contributed by atoms with Gasteiger partial charge in [-0.05, 0) is 49.7 Å². The van der Waals surface area contributed by atoms with E-state index < -0.39 is 17.7 Å². The number of rotatable bonds is 7. The van der Waals surface area contributed by atoms with E-state index in [0.717, 1.165) is 5.56 Å². The standard InChI is InChI=1S/C21H22N6O4/c1-13(2)31-17-4-3-15(11-16(17)19(22)28)24-20(29)21(30)25-18-7-10-27(26-18)12-14-5-8-23-9-6-14/h3-11,13H,12H2,1-2H3,(H2,22,28)(H,24,29)(H,25,26,30). The van der Waals surface area contributed by atoms with E-state index in [4.69, 9.17) is 10.5 Å². The number of pyridine rings is 1. The molecule has 160 valence electrons. The van der Waals surface area contributed by atoms with E-state index in [0.29, 0.717) is 12.3 Å². The number of nitrogens with one attached hydrogen (secondary N) is 2. The van der Waals surface area contributed by atoms with Gasteiger partial charge >= 0.3 is 11.8 Å². The molecule has 3 rings (SSSR count). The third-order valence-corrected chi connectivity index (χ3v) is 4.05. The molecule has 10 heteroatoms. The molecule has 3 amide bonds. The normalized spacial score (nSPS) is 10.5. The smallest absolute Gasteiger partial charge is 0.315 e. The van der Waals surface area contributed by atoms with Crippen LogP contribution in [0.2, 0.25) is 0 Å². The second-order valence-corrected chi connectivity index (χ2v) is 6.90. The van der Waals surface area contributed by atoms with Crippen molar-refractivity contribution in [3.05, 3.63) is 66.1 Å². The van der Waals surface area contributed by atoms with Crippen molar-refractivity contribution in [1.82, 2.24) is 14.8 Å². The second-order valence-electron chi connectivity index (χ2n) is 6.90. The van der Waals surface area contributed by atoms with Gasteiger partial charge in [-0.25, -0.2) is 0 Å². The average molecular weight is 422 g/mol. The molecule has 10 nitrogen and oxygen atoms in total. The van der Waals surface area contributed by atoms with Crippen molar-refractivity contribution >= 4 is 29.2 Å². The van der Waals surface area contributed by atoms with Crippen LogP contribution in [0.1, 0.15) is 29.8 Å². The summed E-state index contributed by atoms with van der Waals surface area (Å²) < 4.78 is 7.15. The third kappa shape index (κ3) is 5.89. The number of nitrogens with two attached hydrogens (primary N) is 1. The number of nitrogens with zero attached hydrogens (tertiary/aromatic N) is 3. The van der Waals surface area contributed by atoms with Crippen LogP contribution in [0.25, 0.3) is 0 Å². The molecule has 0 saturated heterocycles. The van der Waals surface area contributed by atoms with Crippen LogP contribution in [-0.2, 0) is 16.1 Å². The lowest BCUT2D eigenvalue weighted by atomic mass is 10.1. The number of primary amides is 1. The van der Waals surface area contributed by atoms with Crippen LogP contribution >= 0.6 is 0 Å². The molecule has 0 saturated carbocycles. The van der Waals surface area contributed by atoms with Crippen LogP contribution in [0.3, 0.4) is 0 Å². The molecule has 0 bridgehead atoms. The molecule has 31 heavy (non-hydrogen) atoms. The van der Waals surface area contributed by atoms with Crippen molar-refractivity contribution in [2.45, 2.75) is 26.5 Å². The highest BCUT2D eigenvalue weighted by Crippen LogP contribution is 2.23. The molecule has 0 atom stereocenters. The first-order valence-corrected chi connectivity index (χ1v) is 9.47. The maximum Gasteiger partial charge on any atom is 0.315 e. The molecule has 2 aromatic heterocycles. The molecule has 0 aliphatic rings. The van der Waals surface area contributed by atoms with Crippen molar-refractivity contribution in [2.75, 3.05) is 10.6 Å². The maximum atomic E-state index is 12.2. The van der Waals surface area contributed by atoms with Crippen molar-refractivity contribution in [3.8, 4) is 5.75 Å². The first-order valence-electron chi connectivity index (χ1n) is 9.47. The van der Waals surface area contributed by atoms with Gasteiger partial charge in [-0.3, -0.25) is 24.0 Å². The summed E-state index contributed by atoms with van der Waals surface area (Å²) in [4.78, 5) is 40.1. The number of benzene rings is 1.